The van der Waals surface area contributed by atoms with Gasteiger partial charge in [-0.05, 0) is 30.2 Å². The van der Waals surface area contributed by atoms with E-state index in [1.165, 1.54) is 0 Å². The minimum Gasteiger partial charge on any atom is -0.457 e. The molecule has 2 heterocycles. The van der Waals surface area contributed by atoms with Crippen molar-refractivity contribution in [2.24, 2.45) is 0 Å². The van der Waals surface area contributed by atoms with Gasteiger partial charge in [-0.1, -0.05) is 42.5 Å². The third kappa shape index (κ3) is 4.49. The maximum atomic E-state index is 12.4. The number of para-hydroxylation sites is 2. The van der Waals surface area contributed by atoms with Crippen LogP contribution in [0.4, 0.5) is 17.6 Å². The van der Waals surface area contributed by atoms with E-state index in [1.54, 1.807) is 6.20 Å². The summed E-state index contributed by atoms with van der Waals surface area (Å²) in [7, 11) is 0. The number of fused-ring (bicyclic) bond motifs is 1. The first-order chi connectivity index (χ1) is 14.6. The number of aromatic nitrogens is 4. The van der Waals surface area contributed by atoms with E-state index in [2.05, 4.69) is 25.3 Å². The van der Waals surface area contributed by atoms with Crippen molar-refractivity contribution in [3.05, 3.63) is 77.7 Å². The van der Waals surface area contributed by atoms with Crippen LogP contribution >= 0.6 is 0 Å². The van der Waals surface area contributed by atoms with Crippen LogP contribution in [0.1, 0.15) is 17.0 Å². The van der Waals surface area contributed by atoms with Gasteiger partial charge in [0.15, 0.2) is 12.4 Å². The minimum absolute atomic E-state index is 0.0467. The maximum absolute atomic E-state index is 12.4. The first-order valence-corrected chi connectivity index (χ1v) is 9.40. The van der Waals surface area contributed by atoms with Crippen LogP contribution in [-0.2, 0) is 22.6 Å². The fourth-order valence-corrected chi connectivity index (χ4v) is 3.05. The van der Waals surface area contributed by atoms with Crippen LogP contribution < -0.4 is 11.1 Å². The molecule has 0 radical (unpaired) electrons. The number of anilines is 3. The van der Waals surface area contributed by atoms with E-state index >= 15 is 0 Å². The second-order valence-electron chi connectivity index (χ2n) is 6.70. The zero-order chi connectivity index (χ0) is 20.9. The molecule has 3 N–H and O–H groups in total. The lowest BCUT2D eigenvalue weighted by atomic mass is 10.1. The van der Waals surface area contributed by atoms with Crippen LogP contribution in [0.15, 0.2) is 60.8 Å². The Balaban J connectivity index is 1.44. The Bertz CT molecular complexity index is 1210. The van der Waals surface area contributed by atoms with Gasteiger partial charge in [0.05, 0.1) is 11.9 Å². The molecule has 0 bridgehead atoms. The van der Waals surface area contributed by atoms with Gasteiger partial charge < -0.3 is 15.8 Å². The van der Waals surface area contributed by atoms with E-state index < -0.39 is 5.97 Å². The normalized spacial score (nSPS) is 10.7. The molecule has 0 amide bonds. The van der Waals surface area contributed by atoms with E-state index in [4.69, 9.17) is 10.5 Å². The van der Waals surface area contributed by atoms with Gasteiger partial charge in [0, 0.05) is 17.3 Å². The quantitative estimate of drug-likeness (QED) is 0.474. The number of carbonyl (C=O) groups is 1. The Hall–Kier alpha value is -4.07. The molecule has 8 heteroatoms. The molecule has 0 aliphatic rings. The summed E-state index contributed by atoms with van der Waals surface area (Å²) in [6.07, 6.45) is 1.80. The highest BCUT2D eigenvalue weighted by Gasteiger charge is 2.12. The molecule has 0 aliphatic carbocycles. The zero-order valence-corrected chi connectivity index (χ0v) is 16.4. The number of ether oxygens (including phenoxy) is 1. The SMILES string of the molecule is Cc1ccccc1Nc1nc(N)nc(COC(=O)Cc2cccc3cccnc23)n1. The van der Waals surface area contributed by atoms with Crippen LogP contribution in [0.25, 0.3) is 10.9 Å². The molecule has 0 saturated heterocycles. The third-order valence-corrected chi connectivity index (χ3v) is 4.50. The lowest BCUT2D eigenvalue weighted by Gasteiger charge is -2.10. The van der Waals surface area contributed by atoms with Crippen molar-refractivity contribution in [1.29, 1.82) is 0 Å². The van der Waals surface area contributed by atoms with Gasteiger partial charge in [-0.15, -0.1) is 0 Å². The molecule has 0 spiro atoms. The monoisotopic (exact) mass is 400 g/mol. The second kappa shape index (κ2) is 8.52. The molecule has 2 aromatic carbocycles. The number of pyridine rings is 1. The molecule has 0 aliphatic heterocycles. The highest BCUT2D eigenvalue weighted by atomic mass is 16.5. The smallest absolute Gasteiger partial charge is 0.310 e. The van der Waals surface area contributed by atoms with Gasteiger partial charge in [-0.25, -0.2) is 0 Å². The molecule has 4 rings (SSSR count). The number of hydrogen-bond donors (Lipinski definition) is 2. The van der Waals surface area contributed by atoms with Crippen molar-refractivity contribution in [2.75, 3.05) is 11.1 Å². The lowest BCUT2D eigenvalue weighted by molar-refractivity contribution is -0.144. The topological polar surface area (TPSA) is 116 Å². The fourth-order valence-electron chi connectivity index (χ4n) is 3.05. The van der Waals surface area contributed by atoms with Crippen LogP contribution in [0, 0.1) is 6.92 Å². The second-order valence-corrected chi connectivity index (χ2v) is 6.70. The highest BCUT2D eigenvalue weighted by molar-refractivity contribution is 5.85. The summed E-state index contributed by atoms with van der Waals surface area (Å²) in [6, 6.07) is 17.2. The Morgan fingerprint density at radius 2 is 1.87 bits per heavy atom. The van der Waals surface area contributed by atoms with Crippen molar-refractivity contribution in [2.45, 2.75) is 20.0 Å². The van der Waals surface area contributed by atoms with Gasteiger partial charge in [0.1, 0.15) is 0 Å². The van der Waals surface area contributed by atoms with E-state index in [1.807, 2.05) is 61.5 Å². The molecule has 2 aromatic heterocycles. The summed E-state index contributed by atoms with van der Waals surface area (Å²) in [5.41, 5.74) is 9.27. The molecule has 4 aromatic rings. The Kier molecular flexibility index (Phi) is 5.47. The number of nitrogens with two attached hydrogens (primary N) is 1. The van der Waals surface area contributed by atoms with E-state index in [0.29, 0.717) is 5.95 Å². The largest absolute Gasteiger partial charge is 0.457 e. The van der Waals surface area contributed by atoms with Crippen LogP contribution in [0.3, 0.4) is 0 Å². The van der Waals surface area contributed by atoms with Crippen LogP contribution in [0.2, 0.25) is 0 Å². The van der Waals surface area contributed by atoms with Crippen molar-refractivity contribution in [3.63, 3.8) is 0 Å². The number of aryl methyl sites for hydroxylation is 1. The van der Waals surface area contributed by atoms with E-state index in [-0.39, 0.29) is 24.8 Å². The summed E-state index contributed by atoms with van der Waals surface area (Å²) in [6.45, 7) is 1.86. The van der Waals surface area contributed by atoms with Gasteiger partial charge in [-0.3, -0.25) is 9.78 Å². The molecular weight excluding hydrogens is 380 g/mol. The number of benzene rings is 2. The Morgan fingerprint density at radius 3 is 2.73 bits per heavy atom. The van der Waals surface area contributed by atoms with Crippen molar-refractivity contribution < 1.29 is 9.53 Å². The number of nitrogens with zero attached hydrogens (tertiary/aromatic N) is 4. The number of carbonyl (C=O) groups excluding carboxylic acids is 1. The van der Waals surface area contributed by atoms with Gasteiger partial charge in [-0.2, -0.15) is 15.0 Å². The van der Waals surface area contributed by atoms with Crippen molar-refractivity contribution in [1.82, 2.24) is 19.9 Å². The molecule has 0 saturated carbocycles. The molecule has 8 nitrogen and oxygen atoms in total. The number of nitrogen functional groups attached to an aromatic ring is 1. The number of hydrogen-bond acceptors (Lipinski definition) is 8. The summed E-state index contributed by atoms with van der Waals surface area (Å²) in [5.74, 6) is 0.204. The maximum Gasteiger partial charge on any atom is 0.310 e. The first-order valence-electron chi connectivity index (χ1n) is 9.40. The zero-order valence-electron chi connectivity index (χ0n) is 16.4. The van der Waals surface area contributed by atoms with Gasteiger partial charge in [0.2, 0.25) is 11.9 Å². The predicted molar refractivity (Wildman–Crippen MR) is 114 cm³/mol. The average Bonchev–Trinajstić information content (AvgIpc) is 2.74. The van der Waals surface area contributed by atoms with Crippen molar-refractivity contribution in [3.8, 4) is 0 Å². The number of rotatable bonds is 6. The van der Waals surface area contributed by atoms with Crippen molar-refractivity contribution >= 4 is 34.5 Å². The molecule has 30 heavy (non-hydrogen) atoms. The van der Waals surface area contributed by atoms with E-state index in [0.717, 1.165) is 27.7 Å². The molecular formula is C22H20N6O2. The first kappa shape index (κ1) is 19.3. The minimum atomic E-state index is -0.402. The summed E-state index contributed by atoms with van der Waals surface area (Å²) in [4.78, 5) is 29.2. The highest BCUT2D eigenvalue weighted by Crippen LogP contribution is 2.19. The van der Waals surface area contributed by atoms with Gasteiger partial charge in [0.25, 0.3) is 0 Å². The Morgan fingerprint density at radius 1 is 1.03 bits per heavy atom. The Labute approximate surface area is 173 Å². The molecule has 0 unspecified atom stereocenters. The third-order valence-electron chi connectivity index (χ3n) is 4.50. The summed E-state index contributed by atoms with van der Waals surface area (Å²) >= 11 is 0. The lowest BCUT2D eigenvalue weighted by Crippen LogP contribution is -2.12. The van der Waals surface area contributed by atoms with Gasteiger partial charge >= 0.3 is 5.97 Å². The molecule has 0 atom stereocenters. The van der Waals surface area contributed by atoms with E-state index in [9.17, 15) is 4.79 Å². The van der Waals surface area contributed by atoms with Crippen LogP contribution in [-0.4, -0.2) is 25.9 Å². The average molecular weight is 400 g/mol. The molecule has 150 valence electrons. The summed E-state index contributed by atoms with van der Waals surface area (Å²) < 4.78 is 5.36. The molecule has 0 fully saturated rings. The van der Waals surface area contributed by atoms with Crippen LogP contribution in [0.5, 0.6) is 0 Å². The number of nitrogens with one attached hydrogen (secondary N) is 1. The summed E-state index contributed by atoms with van der Waals surface area (Å²) in [5, 5.41) is 4.08. The predicted octanol–water partition coefficient (Wildman–Crippen LogP) is 3.34. The number of esters is 1. The fraction of sp³-hybridized carbons (Fsp3) is 0.136. The standard InChI is InChI=1S/C22H20N6O2/c1-14-6-2-3-10-17(14)25-22-27-18(26-21(23)28-22)13-30-19(29)12-16-8-4-7-15-9-5-11-24-20(15)16/h2-11H,12-13H2,1H3,(H3,23,25,26,27,28).